The molecule has 0 aliphatic carbocycles. The van der Waals surface area contributed by atoms with Crippen LogP contribution < -0.4 is 10.8 Å². The lowest BCUT2D eigenvalue weighted by Crippen LogP contribution is -2.51. The molecule has 5 N–H and O–H groups in total. The third-order valence-corrected chi connectivity index (χ3v) is 3.77. The minimum atomic E-state index is -1.29. The lowest BCUT2D eigenvalue weighted by Gasteiger charge is -2.19. The maximum absolute atomic E-state index is 12.2. The highest BCUT2D eigenvalue weighted by Crippen LogP contribution is 2.21. The van der Waals surface area contributed by atoms with Crippen LogP contribution in [-0.2, 0) is 4.79 Å². The number of nitrogens with one attached hydrogen (secondary N) is 2. The van der Waals surface area contributed by atoms with E-state index >= 15 is 0 Å². The third-order valence-electron chi connectivity index (χ3n) is 3.77. The van der Waals surface area contributed by atoms with Crippen molar-refractivity contribution < 1.29 is 25.0 Å². The van der Waals surface area contributed by atoms with Crippen LogP contribution in [0.2, 0.25) is 0 Å². The second kappa shape index (κ2) is 8.39. The summed E-state index contributed by atoms with van der Waals surface area (Å²) in [5.74, 6) is -1.50. The number of hydrogen-bond donors (Lipinski definition) is 5. The van der Waals surface area contributed by atoms with E-state index in [-0.39, 0.29) is 5.56 Å². The molecule has 132 valence electrons. The fourth-order valence-electron chi connectivity index (χ4n) is 2.34. The van der Waals surface area contributed by atoms with Crippen molar-refractivity contribution in [1.29, 1.82) is 0 Å². The number of hydrogen-bond acceptors (Lipinski definition) is 5. The summed E-state index contributed by atoms with van der Waals surface area (Å²) in [6.45, 7) is 1.32. The van der Waals surface area contributed by atoms with Gasteiger partial charge in [0.2, 0.25) is 0 Å². The van der Waals surface area contributed by atoms with E-state index in [4.69, 9.17) is 5.21 Å². The van der Waals surface area contributed by atoms with E-state index in [2.05, 4.69) is 5.32 Å². The van der Waals surface area contributed by atoms with Crippen LogP contribution in [0.25, 0.3) is 0 Å². The molecule has 2 amide bonds. The molecular formula is C18H20N2O5. The van der Waals surface area contributed by atoms with Crippen molar-refractivity contribution in [2.45, 2.75) is 25.2 Å². The maximum atomic E-state index is 12.2. The van der Waals surface area contributed by atoms with Crippen molar-refractivity contribution in [2.75, 3.05) is 0 Å². The Morgan fingerprint density at radius 1 is 0.920 bits per heavy atom. The van der Waals surface area contributed by atoms with Gasteiger partial charge in [0.05, 0.1) is 6.10 Å². The molecule has 2 aromatic rings. The summed E-state index contributed by atoms with van der Waals surface area (Å²) in [6, 6.07) is 14.0. The zero-order valence-electron chi connectivity index (χ0n) is 13.6. The van der Waals surface area contributed by atoms with Crippen LogP contribution in [0.5, 0.6) is 0 Å². The largest absolute Gasteiger partial charge is 0.391 e. The summed E-state index contributed by atoms with van der Waals surface area (Å²) in [4.78, 5) is 23.6. The summed E-state index contributed by atoms with van der Waals surface area (Å²) >= 11 is 0. The van der Waals surface area contributed by atoms with Gasteiger partial charge < -0.3 is 15.5 Å². The van der Waals surface area contributed by atoms with Gasteiger partial charge in [-0.05, 0) is 30.2 Å². The zero-order valence-corrected chi connectivity index (χ0v) is 13.6. The van der Waals surface area contributed by atoms with Crippen molar-refractivity contribution >= 4 is 11.8 Å². The molecule has 0 aliphatic rings. The first-order valence-electron chi connectivity index (χ1n) is 7.70. The molecule has 0 saturated carbocycles. The van der Waals surface area contributed by atoms with Gasteiger partial charge in [0.1, 0.15) is 12.1 Å². The van der Waals surface area contributed by atoms with E-state index in [0.717, 1.165) is 5.56 Å². The first-order valence-corrected chi connectivity index (χ1v) is 7.70. The van der Waals surface area contributed by atoms with Gasteiger partial charge in [-0.15, -0.1) is 0 Å². The number of rotatable bonds is 6. The van der Waals surface area contributed by atoms with Crippen molar-refractivity contribution in [3.05, 3.63) is 71.3 Å². The van der Waals surface area contributed by atoms with Gasteiger partial charge in [-0.25, -0.2) is 5.48 Å². The number of benzene rings is 2. The van der Waals surface area contributed by atoms with Crippen LogP contribution >= 0.6 is 0 Å². The van der Waals surface area contributed by atoms with E-state index in [1.807, 2.05) is 18.2 Å². The van der Waals surface area contributed by atoms with Gasteiger partial charge in [-0.3, -0.25) is 14.8 Å². The Morgan fingerprint density at radius 2 is 1.48 bits per heavy atom. The Morgan fingerprint density at radius 3 is 2.00 bits per heavy atom. The molecule has 2 rings (SSSR count). The predicted octanol–water partition coefficient (Wildman–Crippen LogP) is 0.753. The first kappa shape index (κ1) is 18.6. The Hall–Kier alpha value is -2.74. The second-order valence-corrected chi connectivity index (χ2v) is 5.60. The fraction of sp³-hybridized carbons (Fsp3) is 0.222. The highest BCUT2D eigenvalue weighted by atomic mass is 16.5. The third kappa shape index (κ3) is 4.63. The number of hydroxylamine groups is 1. The Labute approximate surface area is 144 Å². The normalized spacial score (nSPS) is 14.2. The average molecular weight is 344 g/mol. The molecule has 0 aliphatic heterocycles. The molecular weight excluding hydrogens is 324 g/mol. The van der Waals surface area contributed by atoms with Crippen LogP contribution in [0.1, 0.15) is 34.5 Å². The molecule has 0 fully saturated rings. The van der Waals surface area contributed by atoms with Crippen LogP contribution in [-0.4, -0.2) is 39.4 Å². The Kier molecular flexibility index (Phi) is 6.24. The highest BCUT2D eigenvalue weighted by molar-refractivity contribution is 5.97. The van der Waals surface area contributed by atoms with Crippen LogP contribution in [0.4, 0.5) is 0 Å². The quantitative estimate of drug-likeness (QED) is 0.391. The number of carbonyl (C=O) groups excluding carboxylic acids is 2. The lowest BCUT2D eigenvalue weighted by atomic mass is 10.00. The van der Waals surface area contributed by atoms with Crippen LogP contribution in [0.3, 0.4) is 0 Å². The van der Waals surface area contributed by atoms with Gasteiger partial charge >= 0.3 is 0 Å². The van der Waals surface area contributed by atoms with Crippen molar-refractivity contribution in [3.63, 3.8) is 0 Å². The standard InChI is InChI=1S/C18H20N2O5/c1-11(21)15(18(24)20-25)19-17(23)14-9-7-13(8-10-14)16(22)12-5-3-2-4-6-12/h2-11,15-16,21-22,25H,1H3,(H,19,23)(H,20,24)/t11-,15+,16?/m1/s1. The summed E-state index contributed by atoms with van der Waals surface area (Å²) in [5, 5.41) is 30.9. The van der Waals surface area contributed by atoms with Gasteiger partial charge in [0, 0.05) is 5.56 Å². The second-order valence-electron chi connectivity index (χ2n) is 5.60. The van der Waals surface area contributed by atoms with Gasteiger partial charge in [0.15, 0.2) is 0 Å². The molecule has 0 radical (unpaired) electrons. The summed E-state index contributed by atoms with van der Waals surface area (Å²) in [7, 11) is 0. The average Bonchev–Trinajstić information content (AvgIpc) is 2.65. The van der Waals surface area contributed by atoms with Crippen molar-refractivity contribution in [3.8, 4) is 0 Å². The fourth-order valence-corrected chi connectivity index (χ4v) is 2.34. The van der Waals surface area contributed by atoms with E-state index < -0.39 is 30.1 Å². The summed E-state index contributed by atoms with van der Waals surface area (Å²) in [5.41, 5.74) is 2.99. The molecule has 0 bridgehead atoms. The van der Waals surface area contributed by atoms with E-state index in [1.54, 1.807) is 24.3 Å². The monoisotopic (exact) mass is 344 g/mol. The summed E-state index contributed by atoms with van der Waals surface area (Å²) < 4.78 is 0. The molecule has 0 spiro atoms. The molecule has 25 heavy (non-hydrogen) atoms. The molecule has 0 aromatic heterocycles. The van der Waals surface area contributed by atoms with Crippen molar-refractivity contribution in [1.82, 2.24) is 10.8 Å². The SMILES string of the molecule is C[C@@H](O)[C@H](NC(=O)c1ccc(C(O)c2ccccc2)cc1)C(=O)NO. The number of aliphatic hydroxyl groups excluding tert-OH is 2. The Bertz CT molecular complexity index is 716. The number of amides is 2. The minimum Gasteiger partial charge on any atom is -0.391 e. The molecule has 3 atom stereocenters. The number of carbonyl (C=O) groups is 2. The van der Waals surface area contributed by atoms with E-state index in [9.17, 15) is 19.8 Å². The lowest BCUT2D eigenvalue weighted by molar-refractivity contribution is -0.133. The minimum absolute atomic E-state index is 0.250. The van der Waals surface area contributed by atoms with E-state index in [0.29, 0.717) is 5.56 Å². The summed E-state index contributed by atoms with van der Waals surface area (Å²) in [6.07, 6.45) is -2.00. The molecule has 7 heteroatoms. The maximum Gasteiger partial charge on any atom is 0.268 e. The van der Waals surface area contributed by atoms with Crippen LogP contribution in [0.15, 0.2) is 54.6 Å². The van der Waals surface area contributed by atoms with Gasteiger partial charge in [-0.2, -0.15) is 0 Å². The Balaban J connectivity index is 2.11. The van der Waals surface area contributed by atoms with Gasteiger partial charge in [0.25, 0.3) is 11.8 Å². The van der Waals surface area contributed by atoms with Crippen LogP contribution in [0, 0.1) is 0 Å². The molecule has 2 aromatic carbocycles. The number of aliphatic hydroxyl groups is 2. The molecule has 1 unspecified atom stereocenters. The topological polar surface area (TPSA) is 119 Å². The molecule has 0 heterocycles. The molecule has 7 nitrogen and oxygen atoms in total. The van der Waals surface area contributed by atoms with E-state index in [1.165, 1.54) is 24.5 Å². The smallest absolute Gasteiger partial charge is 0.268 e. The zero-order chi connectivity index (χ0) is 18.4. The first-order chi connectivity index (χ1) is 11.9. The highest BCUT2D eigenvalue weighted by Gasteiger charge is 2.25. The van der Waals surface area contributed by atoms with Gasteiger partial charge in [-0.1, -0.05) is 42.5 Å². The molecule has 0 saturated heterocycles. The predicted molar refractivity (Wildman–Crippen MR) is 89.8 cm³/mol. The van der Waals surface area contributed by atoms with Crippen molar-refractivity contribution in [2.24, 2.45) is 0 Å².